The van der Waals surface area contributed by atoms with E-state index < -0.39 is 0 Å². The van der Waals surface area contributed by atoms with Gasteiger partial charge in [-0.25, -0.2) is 9.97 Å². The van der Waals surface area contributed by atoms with Crippen LogP contribution in [-0.2, 0) is 17.6 Å². The number of thiazole rings is 1. The third-order valence-corrected chi connectivity index (χ3v) is 5.11. The predicted octanol–water partition coefficient (Wildman–Crippen LogP) is 3.42. The van der Waals surface area contributed by atoms with Crippen molar-refractivity contribution < 1.29 is 4.79 Å². The summed E-state index contributed by atoms with van der Waals surface area (Å²) >= 11 is 7.42. The number of aromatic nitrogens is 3. The molecule has 1 aliphatic carbocycles. The van der Waals surface area contributed by atoms with Gasteiger partial charge in [-0.2, -0.15) is 0 Å². The topological polar surface area (TPSA) is 70.7 Å². The molecule has 0 aliphatic heterocycles. The van der Waals surface area contributed by atoms with Crippen LogP contribution in [0.4, 0.5) is 5.13 Å². The van der Waals surface area contributed by atoms with E-state index in [-0.39, 0.29) is 11.8 Å². The summed E-state index contributed by atoms with van der Waals surface area (Å²) in [6.45, 7) is 0. The van der Waals surface area contributed by atoms with E-state index in [0.717, 1.165) is 34.4 Å². The Kier molecular flexibility index (Phi) is 3.35. The van der Waals surface area contributed by atoms with E-state index in [4.69, 9.17) is 11.6 Å². The summed E-state index contributed by atoms with van der Waals surface area (Å²) in [5.74, 6) is -0.0195. The van der Waals surface area contributed by atoms with Gasteiger partial charge in [0, 0.05) is 23.1 Å². The molecular formula is C15H13ClN4OS. The second-order valence-electron chi connectivity index (χ2n) is 5.39. The summed E-state index contributed by atoms with van der Waals surface area (Å²) in [7, 11) is 0. The highest BCUT2D eigenvalue weighted by molar-refractivity contribution is 7.22. The Balaban J connectivity index is 1.51. The second kappa shape index (κ2) is 5.37. The largest absolute Gasteiger partial charge is 0.348 e. The SMILES string of the molecule is O=C(Nc1nc2ccc(Cl)cc2s1)C1CCc2nc[nH]c2C1. The van der Waals surface area contributed by atoms with Crippen LogP contribution >= 0.6 is 22.9 Å². The average molecular weight is 333 g/mol. The molecule has 0 fully saturated rings. The van der Waals surface area contributed by atoms with E-state index in [1.165, 1.54) is 11.3 Å². The smallest absolute Gasteiger partial charge is 0.229 e. The first-order chi connectivity index (χ1) is 10.7. The predicted molar refractivity (Wildman–Crippen MR) is 87.4 cm³/mol. The summed E-state index contributed by atoms with van der Waals surface area (Å²) in [6, 6.07) is 5.53. The van der Waals surface area contributed by atoms with Crippen molar-refractivity contribution in [3.8, 4) is 0 Å². The number of hydrogen-bond donors (Lipinski definition) is 2. The van der Waals surface area contributed by atoms with Gasteiger partial charge in [0.1, 0.15) is 0 Å². The Hall–Kier alpha value is -1.92. The molecule has 3 aromatic rings. The van der Waals surface area contributed by atoms with Crippen molar-refractivity contribution in [1.29, 1.82) is 0 Å². The fourth-order valence-electron chi connectivity index (χ4n) is 2.78. The first-order valence-corrected chi connectivity index (χ1v) is 8.26. The van der Waals surface area contributed by atoms with Gasteiger partial charge in [0.25, 0.3) is 0 Å². The van der Waals surface area contributed by atoms with Crippen LogP contribution < -0.4 is 5.32 Å². The number of nitrogens with one attached hydrogen (secondary N) is 2. The molecule has 5 nitrogen and oxygen atoms in total. The highest BCUT2D eigenvalue weighted by Crippen LogP contribution is 2.30. The van der Waals surface area contributed by atoms with Crippen molar-refractivity contribution in [3.05, 3.63) is 40.9 Å². The van der Waals surface area contributed by atoms with E-state index in [1.807, 2.05) is 12.1 Å². The molecule has 4 rings (SSSR count). The van der Waals surface area contributed by atoms with Gasteiger partial charge in [-0.15, -0.1) is 0 Å². The van der Waals surface area contributed by atoms with Crippen LogP contribution in [0.3, 0.4) is 0 Å². The lowest BCUT2D eigenvalue weighted by molar-refractivity contribution is -0.120. The summed E-state index contributed by atoms with van der Waals surface area (Å²) in [4.78, 5) is 24.2. The summed E-state index contributed by atoms with van der Waals surface area (Å²) in [5.41, 5.74) is 3.00. The molecule has 2 aromatic heterocycles. The Morgan fingerprint density at radius 1 is 1.45 bits per heavy atom. The zero-order chi connectivity index (χ0) is 15.1. The molecule has 1 aromatic carbocycles. The van der Waals surface area contributed by atoms with Crippen molar-refractivity contribution in [2.24, 2.45) is 5.92 Å². The Bertz CT molecular complexity index is 856. The Morgan fingerprint density at radius 2 is 2.36 bits per heavy atom. The maximum Gasteiger partial charge on any atom is 0.229 e. The lowest BCUT2D eigenvalue weighted by Gasteiger charge is -2.19. The van der Waals surface area contributed by atoms with Crippen LogP contribution in [-0.4, -0.2) is 20.9 Å². The summed E-state index contributed by atoms with van der Waals surface area (Å²) in [5, 5.41) is 4.23. The van der Waals surface area contributed by atoms with Crippen LogP contribution in [0.2, 0.25) is 5.02 Å². The molecule has 22 heavy (non-hydrogen) atoms. The molecule has 0 saturated carbocycles. The number of aryl methyl sites for hydroxylation is 1. The molecule has 1 unspecified atom stereocenters. The van der Waals surface area contributed by atoms with Crippen LogP contribution in [0.15, 0.2) is 24.5 Å². The van der Waals surface area contributed by atoms with Crippen molar-refractivity contribution in [2.45, 2.75) is 19.3 Å². The van der Waals surface area contributed by atoms with Gasteiger partial charge in [-0.3, -0.25) is 4.79 Å². The Morgan fingerprint density at radius 3 is 3.27 bits per heavy atom. The zero-order valence-corrected chi connectivity index (χ0v) is 13.2. The lowest BCUT2D eigenvalue weighted by atomic mass is 9.89. The van der Waals surface area contributed by atoms with Crippen molar-refractivity contribution >= 4 is 44.2 Å². The van der Waals surface area contributed by atoms with Gasteiger partial charge in [0.05, 0.1) is 22.2 Å². The van der Waals surface area contributed by atoms with Crippen LogP contribution in [0.25, 0.3) is 10.2 Å². The maximum atomic E-state index is 12.4. The quantitative estimate of drug-likeness (QED) is 0.755. The van der Waals surface area contributed by atoms with Gasteiger partial charge in [-0.1, -0.05) is 22.9 Å². The minimum atomic E-state index is -0.0384. The standard InChI is InChI=1S/C15H13ClN4OS/c16-9-2-4-11-13(6-9)22-15(19-11)20-14(21)8-1-3-10-12(5-8)18-7-17-10/h2,4,6-8H,1,3,5H2,(H,17,18)(H,19,20,21). The van der Waals surface area contributed by atoms with E-state index in [0.29, 0.717) is 16.6 Å². The third-order valence-electron chi connectivity index (χ3n) is 3.94. The monoisotopic (exact) mass is 332 g/mol. The number of fused-ring (bicyclic) bond motifs is 2. The number of carbonyl (C=O) groups excluding carboxylic acids is 1. The van der Waals surface area contributed by atoms with Gasteiger partial charge in [0.15, 0.2) is 5.13 Å². The number of nitrogens with zero attached hydrogens (tertiary/aromatic N) is 2. The maximum absolute atomic E-state index is 12.4. The molecule has 1 atom stereocenters. The highest BCUT2D eigenvalue weighted by atomic mass is 35.5. The van der Waals surface area contributed by atoms with E-state index in [9.17, 15) is 4.79 Å². The van der Waals surface area contributed by atoms with Gasteiger partial charge in [0.2, 0.25) is 5.91 Å². The number of carbonyl (C=O) groups is 1. The first-order valence-electron chi connectivity index (χ1n) is 7.07. The molecule has 2 heterocycles. The van der Waals surface area contributed by atoms with Gasteiger partial charge in [-0.05, 0) is 31.0 Å². The molecule has 0 spiro atoms. The molecule has 0 saturated heterocycles. The minimum absolute atomic E-state index is 0.0189. The Labute approximate surface area is 135 Å². The molecule has 2 N–H and O–H groups in total. The number of H-pyrrole nitrogens is 1. The van der Waals surface area contributed by atoms with Gasteiger partial charge >= 0.3 is 0 Å². The van der Waals surface area contributed by atoms with Crippen molar-refractivity contribution in [2.75, 3.05) is 5.32 Å². The fraction of sp³-hybridized carbons (Fsp3) is 0.267. The summed E-state index contributed by atoms with van der Waals surface area (Å²) in [6.07, 6.45) is 4.06. The molecule has 0 bridgehead atoms. The average Bonchev–Trinajstić information content (AvgIpc) is 3.11. The number of anilines is 1. The fourth-order valence-corrected chi connectivity index (χ4v) is 3.93. The van der Waals surface area contributed by atoms with Crippen molar-refractivity contribution in [3.63, 3.8) is 0 Å². The molecular weight excluding hydrogens is 320 g/mol. The number of imidazole rings is 1. The van der Waals surface area contributed by atoms with Crippen molar-refractivity contribution in [1.82, 2.24) is 15.0 Å². The molecule has 7 heteroatoms. The van der Waals surface area contributed by atoms with Crippen LogP contribution in [0, 0.1) is 5.92 Å². The summed E-state index contributed by atoms with van der Waals surface area (Å²) < 4.78 is 0.974. The van der Waals surface area contributed by atoms with Crippen LogP contribution in [0.5, 0.6) is 0 Å². The minimum Gasteiger partial charge on any atom is -0.348 e. The number of amides is 1. The van der Waals surface area contributed by atoms with Crippen LogP contribution in [0.1, 0.15) is 17.8 Å². The number of benzene rings is 1. The molecule has 0 radical (unpaired) electrons. The molecule has 1 amide bonds. The van der Waals surface area contributed by atoms with Gasteiger partial charge < -0.3 is 10.3 Å². The van der Waals surface area contributed by atoms with E-state index in [2.05, 4.69) is 20.3 Å². The lowest BCUT2D eigenvalue weighted by Crippen LogP contribution is -2.28. The normalized spacial score (nSPS) is 17.4. The number of aromatic amines is 1. The number of rotatable bonds is 2. The molecule has 1 aliphatic rings. The second-order valence-corrected chi connectivity index (χ2v) is 6.85. The zero-order valence-electron chi connectivity index (χ0n) is 11.6. The highest BCUT2D eigenvalue weighted by Gasteiger charge is 2.26. The van der Waals surface area contributed by atoms with E-state index in [1.54, 1.807) is 12.4 Å². The third kappa shape index (κ3) is 2.48. The molecule has 112 valence electrons. The number of hydrogen-bond acceptors (Lipinski definition) is 4. The van der Waals surface area contributed by atoms with E-state index >= 15 is 0 Å². The first kappa shape index (κ1) is 13.7. The number of halogens is 1.